The van der Waals surface area contributed by atoms with E-state index in [1.54, 1.807) is 6.07 Å². The van der Waals surface area contributed by atoms with Gasteiger partial charge in [-0.25, -0.2) is 17.6 Å². The molecule has 1 aliphatic rings. The van der Waals surface area contributed by atoms with Crippen molar-refractivity contribution in [3.05, 3.63) is 83.4 Å². The van der Waals surface area contributed by atoms with Gasteiger partial charge in [0.2, 0.25) is 0 Å². The number of rotatable bonds is 3. The summed E-state index contributed by atoms with van der Waals surface area (Å²) in [6.07, 6.45) is -0.672. The lowest BCUT2D eigenvalue weighted by Gasteiger charge is -2.27. The summed E-state index contributed by atoms with van der Waals surface area (Å²) in [5, 5.41) is -0.0218. The van der Waals surface area contributed by atoms with Crippen LogP contribution in [0.25, 0.3) is 22.3 Å². The average Bonchev–Trinajstić information content (AvgIpc) is 2.70. The van der Waals surface area contributed by atoms with E-state index in [4.69, 9.17) is 9.47 Å². The molecule has 0 unspecified atom stereocenters. The second kappa shape index (κ2) is 8.18. The number of hydrogen-bond acceptors (Lipinski definition) is 3. The molecule has 3 aromatic carbocycles. The van der Waals surface area contributed by atoms with Crippen molar-refractivity contribution < 1.29 is 27.0 Å². The minimum absolute atomic E-state index is 0.0218. The zero-order valence-corrected chi connectivity index (χ0v) is 15.9. The molecule has 7 heteroatoms. The van der Waals surface area contributed by atoms with Gasteiger partial charge in [0, 0.05) is 21.9 Å². The Morgan fingerprint density at radius 3 is 1.79 bits per heavy atom. The van der Waals surface area contributed by atoms with Crippen LogP contribution < -0.4 is 0 Å². The first-order valence-electron chi connectivity index (χ1n) is 8.88. The highest BCUT2D eigenvalue weighted by Gasteiger charge is 2.22. The van der Waals surface area contributed by atoms with Gasteiger partial charge in [-0.15, -0.1) is 0 Å². The SMILES string of the molecule is Fc1ccc(-c2ccc(-c3ccc(C4OCC(S)CO4)cc3F)cc2F)cc1F. The van der Waals surface area contributed by atoms with Crippen LogP contribution in [-0.2, 0) is 9.47 Å². The summed E-state index contributed by atoms with van der Waals surface area (Å²) in [4.78, 5) is 0. The second-order valence-electron chi connectivity index (χ2n) is 6.72. The third-order valence-corrected chi connectivity index (χ3v) is 4.95. The standard InChI is InChI=1S/C22H16F4O2S/c23-18-6-3-13(8-21(18)26)16-4-1-12(7-19(16)24)17-5-2-14(9-20(17)25)22-27-10-15(29)11-28-22/h1-9,15,22,29H,10-11H2. The maximum absolute atomic E-state index is 14.7. The van der Waals surface area contributed by atoms with E-state index in [9.17, 15) is 17.6 Å². The molecule has 0 N–H and O–H groups in total. The van der Waals surface area contributed by atoms with E-state index >= 15 is 0 Å². The summed E-state index contributed by atoms with van der Waals surface area (Å²) in [7, 11) is 0. The maximum atomic E-state index is 14.7. The maximum Gasteiger partial charge on any atom is 0.184 e. The molecule has 0 spiro atoms. The Kier molecular flexibility index (Phi) is 5.63. The topological polar surface area (TPSA) is 18.5 Å². The Hall–Kier alpha value is -2.35. The molecule has 4 rings (SSSR count). The highest BCUT2D eigenvalue weighted by molar-refractivity contribution is 7.81. The Balaban J connectivity index is 1.61. The number of halogens is 4. The van der Waals surface area contributed by atoms with Gasteiger partial charge in [-0.1, -0.05) is 30.3 Å². The Morgan fingerprint density at radius 2 is 1.21 bits per heavy atom. The van der Waals surface area contributed by atoms with E-state index < -0.39 is 29.6 Å². The summed E-state index contributed by atoms with van der Waals surface area (Å²) in [5.41, 5.74) is 1.32. The van der Waals surface area contributed by atoms with Crippen molar-refractivity contribution in [1.82, 2.24) is 0 Å². The molecular formula is C22H16F4O2S. The summed E-state index contributed by atoms with van der Waals surface area (Å²) in [5.74, 6) is -3.30. The van der Waals surface area contributed by atoms with Crippen LogP contribution in [0.5, 0.6) is 0 Å². The van der Waals surface area contributed by atoms with Crippen molar-refractivity contribution in [3.63, 3.8) is 0 Å². The number of ether oxygens (including phenoxy) is 2. The predicted molar refractivity (Wildman–Crippen MR) is 105 cm³/mol. The van der Waals surface area contributed by atoms with Crippen molar-refractivity contribution in [1.29, 1.82) is 0 Å². The fourth-order valence-corrected chi connectivity index (χ4v) is 3.35. The molecule has 0 bridgehead atoms. The van der Waals surface area contributed by atoms with Crippen molar-refractivity contribution in [2.45, 2.75) is 11.5 Å². The van der Waals surface area contributed by atoms with Gasteiger partial charge in [0.1, 0.15) is 11.6 Å². The minimum atomic E-state index is -1.07. The second-order valence-corrected chi connectivity index (χ2v) is 7.45. The van der Waals surface area contributed by atoms with Gasteiger partial charge in [0.05, 0.1) is 13.2 Å². The van der Waals surface area contributed by atoms with Crippen LogP contribution in [-0.4, -0.2) is 18.5 Å². The third-order valence-electron chi connectivity index (χ3n) is 4.66. The molecular weight excluding hydrogens is 404 g/mol. The van der Waals surface area contributed by atoms with E-state index in [2.05, 4.69) is 12.6 Å². The Bertz CT molecular complexity index is 1050. The molecule has 0 radical (unpaired) electrons. The van der Waals surface area contributed by atoms with Crippen molar-refractivity contribution in [2.75, 3.05) is 13.2 Å². The molecule has 1 heterocycles. The van der Waals surface area contributed by atoms with E-state index in [0.717, 1.165) is 18.2 Å². The zero-order valence-electron chi connectivity index (χ0n) is 15.0. The van der Waals surface area contributed by atoms with E-state index in [-0.39, 0.29) is 21.9 Å². The lowest BCUT2D eigenvalue weighted by molar-refractivity contribution is -0.179. The normalized spacial score (nSPS) is 19.3. The fourth-order valence-electron chi connectivity index (χ4n) is 3.18. The van der Waals surface area contributed by atoms with Crippen LogP contribution in [0, 0.1) is 23.3 Å². The molecule has 29 heavy (non-hydrogen) atoms. The van der Waals surface area contributed by atoms with E-state index in [1.165, 1.54) is 30.3 Å². The van der Waals surface area contributed by atoms with Gasteiger partial charge in [-0.05, 0) is 35.4 Å². The van der Waals surface area contributed by atoms with E-state index in [1.807, 2.05) is 0 Å². The monoisotopic (exact) mass is 420 g/mol. The number of thiol groups is 1. The van der Waals surface area contributed by atoms with Crippen molar-refractivity contribution in [2.24, 2.45) is 0 Å². The smallest absolute Gasteiger partial charge is 0.184 e. The van der Waals surface area contributed by atoms with Gasteiger partial charge < -0.3 is 9.47 Å². The van der Waals surface area contributed by atoms with Crippen LogP contribution in [0.2, 0.25) is 0 Å². The molecule has 3 aromatic rings. The Labute approximate surface area is 170 Å². The first kappa shape index (κ1) is 19.9. The molecule has 1 aliphatic heterocycles. The molecule has 2 nitrogen and oxygen atoms in total. The van der Waals surface area contributed by atoms with Crippen LogP contribution in [0.1, 0.15) is 11.9 Å². The highest BCUT2D eigenvalue weighted by atomic mass is 32.1. The number of hydrogen-bond donors (Lipinski definition) is 1. The molecule has 0 saturated carbocycles. The minimum Gasteiger partial charge on any atom is -0.347 e. The van der Waals surface area contributed by atoms with E-state index in [0.29, 0.717) is 24.3 Å². The first-order chi connectivity index (χ1) is 13.9. The number of benzene rings is 3. The molecule has 1 fully saturated rings. The fraction of sp³-hybridized carbons (Fsp3) is 0.182. The van der Waals surface area contributed by atoms with Crippen LogP contribution in [0.4, 0.5) is 17.6 Å². The van der Waals surface area contributed by atoms with Gasteiger partial charge in [0.15, 0.2) is 17.9 Å². The predicted octanol–water partition coefficient (Wildman–Crippen LogP) is 5.92. The molecule has 0 amide bonds. The lowest BCUT2D eigenvalue weighted by Crippen LogP contribution is -2.27. The van der Waals surface area contributed by atoms with Gasteiger partial charge in [-0.2, -0.15) is 12.6 Å². The van der Waals surface area contributed by atoms with Crippen LogP contribution in [0.15, 0.2) is 54.6 Å². The van der Waals surface area contributed by atoms with Crippen LogP contribution >= 0.6 is 12.6 Å². The first-order valence-corrected chi connectivity index (χ1v) is 9.40. The summed E-state index contributed by atoms with van der Waals surface area (Å²) >= 11 is 4.25. The van der Waals surface area contributed by atoms with Crippen molar-refractivity contribution in [3.8, 4) is 22.3 Å². The summed E-state index contributed by atoms with van der Waals surface area (Å²) in [6, 6.07) is 11.7. The van der Waals surface area contributed by atoms with Gasteiger partial charge in [-0.3, -0.25) is 0 Å². The quantitative estimate of drug-likeness (QED) is 0.419. The molecule has 0 aromatic heterocycles. The molecule has 0 aliphatic carbocycles. The largest absolute Gasteiger partial charge is 0.347 e. The van der Waals surface area contributed by atoms with Gasteiger partial charge in [0.25, 0.3) is 0 Å². The molecule has 0 atom stereocenters. The molecule has 1 saturated heterocycles. The van der Waals surface area contributed by atoms with Crippen molar-refractivity contribution >= 4 is 12.6 Å². The summed E-state index contributed by atoms with van der Waals surface area (Å²) < 4.78 is 66.8. The lowest BCUT2D eigenvalue weighted by atomic mass is 9.98. The third kappa shape index (κ3) is 4.17. The summed E-state index contributed by atoms with van der Waals surface area (Å²) in [6.45, 7) is 0.793. The zero-order chi connectivity index (χ0) is 20.5. The molecule has 150 valence electrons. The average molecular weight is 420 g/mol. The Morgan fingerprint density at radius 1 is 0.655 bits per heavy atom. The van der Waals surface area contributed by atoms with Gasteiger partial charge >= 0.3 is 0 Å². The van der Waals surface area contributed by atoms with Crippen LogP contribution in [0.3, 0.4) is 0 Å². The highest BCUT2D eigenvalue weighted by Crippen LogP contribution is 2.32.